The summed E-state index contributed by atoms with van der Waals surface area (Å²) < 4.78 is 5.80. The monoisotopic (exact) mass is 420 g/mol. The molecule has 7 heteroatoms. The number of benzene rings is 1. The largest absolute Gasteiger partial charge is 0.481 e. The van der Waals surface area contributed by atoms with Crippen molar-refractivity contribution in [2.75, 3.05) is 5.32 Å². The van der Waals surface area contributed by atoms with Gasteiger partial charge in [-0.15, -0.1) is 11.3 Å². The molecule has 1 aromatic heterocycles. The van der Waals surface area contributed by atoms with E-state index in [4.69, 9.17) is 22.1 Å². The van der Waals surface area contributed by atoms with Gasteiger partial charge in [0, 0.05) is 9.90 Å². The van der Waals surface area contributed by atoms with E-state index in [-0.39, 0.29) is 5.91 Å². The second-order valence-corrected chi connectivity index (χ2v) is 9.02. The number of carbonyl (C=O) groups is 2. The third-order valence-corrected chi connectivity index (χ3v) is 6.85. The zero-order chi connectivity index (χ0) is 20.6. The molecule has 1 aromatic carbocycles. The van der Waals surface area contributed by atoms with Gasteiger partial charge in [0.05, 0.1) is 5.56 Å². The van der Waals surface area contributed by atoms with Gasteiger partial charge in [-0.3, -0.25) is 9.59 Å². The van der Waals surface area contributed by atoms with Crippen molar-refractivity contribution >= 4 is 39.8 Å². The number of hydrogen-bond acceptors (Lipinski definition) is 4. The van der Waals surface area contributed by atoms with E-state index in [1.807, 2.05) is 13.8 Å². The number of anilines is 1. The minimum Gasteiger partial charge on any atom is -0.481 e. The van der Waals surface area contributed by atoms with Crippen LogP contribution in [0.5, 0.6) is 5.75 Å². The number of primary amides is 1. The molecule has 150 valence electrons. The maximum absolute atomic E-state index is 12.7. The van der Waals surface area contributed by atoms with Gasteiger partial charge in [-0.05, 0) is 74.8 Å². The second-order valence-electron chi connectivity index (χ2n) is 7.54. The van der Waals surface area contributed by atoms with Crippen molar-refractivity contribution in [2.45, 2.75) is 53.1 Å². The SMILES string of the molecule is Cc1cc(OC(C)C(=O)Nc2sc3c(c2C(N)=O)CCC(C)C3)cc(C)c1Cl. The summed E-state index contributed by atoms with van der Waals surface area (Å²) in [5.41, 5.74) is 8.83. The topological polar surface area (TPSA) is 81.4 Å². The van der Waals surface area contributed by atoms with Crippen LogP contribution in [0.4, 0.5) is 5.00 Å². The first-order valence-electron chi connectivity index (χ1n) is 9.36. The number of thiophene rings is 1. The first-order valence-corrected chi connectivity index (χ1v) is 10.6. The molecule has 0 radical (unpaired) electrons. The molecule has 0 aliphatic heterocycles. The van der Waals surface area contributed by atoms with Gasteiger partial charge < -0.3 is 15.8 Å². The van der Waals surface area contributed by atoms with E-state index in [0.29, 0.717) is 27.3 Å². The second kappa shape index (κ2) is 8.13. The van der Waals surface area contributed by atoms with Crippen LogP contribution in [0.1, 0.15) is 52.2 Å². The van der Waals surface area contributed by atoms with Gasteiger partial charge >= 0.3 is 0 Å². The first kappa shape index (κ1) is 20.7. The minimum atomic E-state index is -0.737. The highest BCUT2D eigenvalue weighted by Crippen LogP contribution is 2.39. The molecule has 0 fully saturated rings. The molecular weight excluding hydrogens is 396 g/mol. The molecule has 2 atom stereocenters. The lowest BCUT2D eigenvalue weighted by Crippen LogP contribution is -2.30. The molecule has 0 saturated heterocycles. The molecule has 0 spiro atoms. The average molecular weight is 421 g/mol. The lowest BCUT2D eigenvalue weighted by Gasteiger charge is -2.18. The standard InChI is InChI=1S/C21H25ClN2O3S/c1-10-5-6-15-16(7-10)28-21(17(15)19(23)25)24-20(26)13(4)27-14-8-11(2)18(22)12(3)9-14/h8-10,13H,5-7H2,1-4H3,(H2,23,25)(H,24,26). The number of nitrogens with one attached hydrogen (secondary N) is 1. The smallest absolute Gasteiger partial charge is 0.265 e. The highest BCUT2D eigenvalue weighted by atomic mass is 35.5. The van der Waals surface area contributed by atoms with Crippen LogP contribution in [0.15, 0.2) is 12.1 Å². The molecule has 0 bridgehead atoms. The summed E-state index contributed by atoms with van der Waals surface area (Å²) >= 11 is 7.63. The first-order chi connectivity index (χ1) is 13.2. The predicted octanol–water partition coefficient (Wildman–Crippen LogP) is 4.65. The fraction of sp³-hybridized carbons (Fsp3) is 0.429. The number of fused-ring (bicyclic) bond motifs is 1. The maximum Gasteiger partial charge on any atom is 0.265 e. The molecule has 1 aliphatic rings. The normalized spacial score (nSPS) is 17.0. The van der Waals surface area contributed by atoms with Crippen molar-refractivity contribution < 1.29 is 14.3 Å². The number of ether oxygens (including phenoxy) is 1. The Morgan fingerprint density at radius 2 is 1.96 bits per heavy atom. The summed E-state index contributed by atoms with van der Waals surface area (Å²) in [5.74, 6) is 0.324. The molecule has 3 rings (SSSR count). The third kappa shape index (κ3) is 4.18. The quantitative estimate of drug-likeness (QED) is 0.738. The van der Waals surface area contributed by atoms with Gasteiger partial charge in [-0.25, -0.2) is 0 Å². The molecule has 2 aromatic rings. The zero-order valence-corrected chi connectivity index (χ0v) is 18.1. The van der Waals surface area contributed by atoms with E-state index in [2.05, 4.69) is 12.2 Å². The Kier molecular flexibility index (Phi) is 6.01. The van der Waals surface area contributed by atoms with Crippen LogP contribution >= 0.6 is 22.9 Å². The number of hydrogen-bond donors (Lipinski definition) is 2. The van der Waals surface area contributed by atoms with Crippen LogP contribution in [-0.4, -0.2) is 17.9 Å². The number of rotatable bonds is 5. The molecule has 5 nitrogen and oxygen atoms in total. The van der Waals surface area contributed by atoms with Crippen LogP contribution in [0.25, 0.3) is 0 Å². The van der Waals surface area contributed by atoms with E-state index < -0.39 is 12.0 Å². The van der Waals surface area contributed by atoms with Crippen molar-refractivity contribution in [3.63, 3.8) is 0 Å². The lowest BCUT2D eigenvalue weighted by molar-refractivity contribution is -0.122. The molecule has 2 unspecified atom stereocenters. The van der Waals surface area contributed by atoms with E-state index in [1.165, 1.54) is 11.3 Å². The summed E-state index contributed by atoms with van der Waals surface area (Å²) in [5, 5.41) is 4.06. The fourth-order valence-corrected chi connectivity index (χ4v) is 5.07. The van der Waals surface area contributed by atoms with Crippen LogP contribution in [0, 0.1) is 19.8 Å². The molecule has 0 saturated carbocycles. The number of aryl methyl sites for hydroxylation is 2. The highest BCUT2D eigenvalue weighted by Gasteiger charge is 2.28. The molecular formula is C21H25ClN2O3S. The van der Waals surface area contributed by atoms with Crippen molar-refractivity contribution in [2.24, 2.45) is 11.7 Å². The van der Waals surface area contributed by atoms with Gasteiger partial charge in [-0.1, -0.05) is 18.5 Å². The number of amides is 2. The molecule has 28 heavy (non-hydrogen) atoms. The van der Waals surface area contributed by atoms with E-state index in [9.17, 15) is 9.59 Å². The number of nitrogens with two attached hydrogens (primary N) is 1. The van der Waals surface area contributed by atoms with E-state index in [1.54, 1.807) is 19.1 Å². The van der Waals surface area contributed by atoms with E-state index in [0.717, 1.165) is 40.8 Å². The van der Waals surface area contributed by atoms with Crippen molar-refractivity contribution in [1.82, 2.24) is 0 Å². The third-order valence-electron chi connectivity index (χ3n) is 5.09. The molecule has 3 N–H and O–H groups in total. The Morgan fingerprint density at radius 3 is 2.57 bits per heavy atom. The summed E-state index contributed by atoms with van der Waals surface area (Å²) in [6.45, 7) is 7.65. The van der Waals surface area contributed by atoms with Crippen LogP contribution in [-0.2, 0) is 17.6 Å². The van der Waals surface area contributed by atoms with Gasteiger partial charge in [0.1, 0.15) is 10.8 Å². The minimum absolute atomic E-state index is 0.320. The van der Waals surface area contributed by atoms with Crippen LogP contribution in [0.3, 0.4) is 0 Å². The number of carbonyl (C=O) groups excluding carboxylic acids is 2. The highest BCUT2D eigenvalue weighted by molar-refractivity contribution is 7.17. The molecule has 1 heterocycles. The molecule has 2 amide bonds. The Bertz CT molecular complexity index is 915. The van der Waals surface area contributed by atoms with Gasteiger partial charge in [0.2, 0.25) is 0 Å². The van der Waals surface area contributed by atoms with Gasteiger partial charge in [0.25, 0.3) is 11.8 Å². The summed E-state index contributed by atoms with van der Waals surface area (Å²) in [6.07, 6.45) is 2.01. The predicted molar refractivity (Wildman–Crippen MR) is 114 cm³/mol. The number of halogens is 1. The lowest BCUT2D eigenvalue weighted by atomic mass is 9.88. The Labute approximate surface area is 174 Å². The zero-order valence-electron chi connectivity index (χ0n) is 16.5. The summed E-state index contributed by atoms with van der Waals surface area (Å²) in [7, 11) is 0. The summed E-state index contributed by atoms with van der Waals surface area (Å²) in [6, 6.07) is 3.61. The average Bonchev–Trinajstić information content (AvgIpc) is 2.96. The Balaban J connectivity index is 1.78. The Hall–Kier alpha value is -2.05. The van der Waals surface area contributed by atoms with Crippen LogP contribution < -0.4 is 15.8 Å². The van der Waals surface area contributed by atoms with Crippen molar-refractivity contribution in [3.8, 4) is 5.75 Å². The van der Waals surface area contributed by atoms with Crippen LogP contribution in [0.2, 0.25) is 5.02 Å². The maximum atomic E-state index is 12.7. The van der Waals surface area contributed by atoms with E-state index >= 15 is 0 Å². The summed E-state index contributed by atoms with van der Waals surface area (Å²) in [4.78, 5) is 25.9. The van der Waals surface area contributed by atoms with Crippen molar-refractivity contribution in [3.05, 3.63) is 44.3 Å². The Morgan fingerprint density at radius 1 is 1.32 bits per heavy atom. The fourth-order valence-electron chi connectivity index (χ4n) is 3.54. The molecule has 1 aliphatic carbocycles. The van der Waals surface area contributed by atoms with Gasteiger partial charge in [0.15, 0.2) is 6.10 Å². The van der Waals surface area contributed by atoms with Gasteiger partial charge in [-0.2, -0.15) is 0 Å². The van der Waals surface area contributed by atoms with Crippen molar-refractivity contribution in [1.29, 1.82) is 0 Å².